The van der Waals surface area contributed by atoms with Gasteiger partial charge in [0, 0.05) is 55.1 Å². The Morgan fingerprint density at radius 2 is 1.95 bits per heavy atom. The van der Waals surface area contributed by atoms with Gasteiger partial charge in [-0.3, -0.25) is 19.6 Å². The summed E-state index contributed by atoms with van der Waals surface area (Å²) in [5.41, 5.74) is 3.83. The van der Waals surface area contributed by atoms with Crippen LogP contribution >= 0.6 is 0 Å². The summed E-state index contributed by atoms with van der Waals surface area (Å²) in [7, 11) is 0. The molecule has 5 rings (SSSR count). The number of H-pyrrole nitrogens is 1. The van der Waals surface area contributed by atoms with Crippen LogP contribution in [0.2, 0.25) is 0 Å². The van der Waals surface area contributed by atoms with Gasteiger partial charge in [0.2, 0.25) is 11.8 Å². The second kappa shape index (κ2) is 11.5. The average molecular weight is 501 g/mol. The lowest BCUT2D eigenvalue weighted by atomic mass is 9.96. The number of nitrogens with one attached hydrogen (secondary N) is 3. The van der Waals surface area contributed by atoms with Gasteiger partial charge >= 0.3 is 0 Å². The molecule has 1 aromatic carbocycles. The SMILES string of the molecule is C[C@@H](C(=O)Nc1cc(C2CC2)[nH]n1)c1cccc(-c2ccc(NC(=O)/C=C/CN3CCOCC3)nc2)c1. The number of aromatic nitrogens is 3. The van der Waals surface area contributed by atoms with Crippen molar-refractivity contribution in [3.05, 3.63) is 72.1 Å². The van der Waals surface area contributed by atoms with Gasteiger partial charge < -0.3 is 15.4 Å². The number of pyridine rings is 1. The van der Waals surface area contributed by atoms with E-state index in [2.05, 4.69) is 30.7 Å². The molecule has 3 N–H and O–H groups in total. The zero-order valence-corrected chi connectivity index (χ0v) is 20.9. The number of carbonyl (C=O) groups is 2. The second-order valence-corrected chi connectivity index (χ2v) is 9.56. The molecule has 2 fully saturated rings. The Labute approximate surface area is 216 Å². The Morgan fingerprint density at radius 1 is 1.11 bits per heavy atom. The molecule has 3 heterocycles. The number of morpholine rings is 1. The van der Waals surface area contributed by atoms with Crippen molar-refractivity contribution >= 4 is 23.5 Å². The van der Waals surface area contributed by atoms with E-state index in [4.69, 9.17) is 4.74 Å². The van der Waals surface area contributed by atoms with Gasteiger partial charge in [-0.15, -0.1) is 0 Å². The van der Waals surface area contributed by atoms with Gasteiger partial charge in [0.25, 0.3) is 0 Å². The fourth-order valence-corrected chi connectivity index (χ4v) is 4.28. The maximum Gasteiger partial charge on any atom is 0.249 e. The van der Waals surface area contributed by atoms with E-state index in [9.17, 15) is 9.59 Å². The monoisotopic (exact) mass is 500 g/mol. The topological polar surface area (TPSA) is 112 Å². The van der Waals surface area contributed by atoms with Crippen molar-refractivity contribution in [1.29, 1.82) is 0 Å². The van der Waals surface area contributed by atoms with Crippen molar-refractivity contribution < 1.29 is 14.3 Å². The highest BCUT2D eigenvalue weighted by molar-refractivity contribution is 5.98. The van der Waals surface area contributed by atoms with E-state index in [-0.39, 0.29) is 17.7 Å². The summed E-state index contributed by atoms with van der Waals surface area (Å²) in [6, 6.07) is 13.5. The molecule has 2 amide bonds. The first-order valence-electron chi connectivity index (χ1n) is 12.8. The van der Waals surface area contributed by atoms with Gasteiger partial charge in [-0.1, -0.05) is 30.3 Å². The minimum absolute atomic E-state index is 0.108. The molecule has 0 unspecified atom stereocenters. The number of anilines is 2. The van der Waals surface area contributed by atoms with Crippen molar-refractivity contribution in [2.75, 3.05) is 43.5 Å². The predicted molar refractivity (Wildman–Crippen MR) is 142 cm³/mol. The van der Waals surface area contributed by atoms with Gasteiger partial charge in [0.1, 0.15) is 5.82 Å². The van der Waals surface area contributed by atoms with Crippen LogP contribution in [0, 0.1) is 0 Å². The Kier molecular flexibility index (Phi) is 7.72. The van der Waals surface area contributed by atoms with Crippen molar-refractivity contribution in [3.63, 3.8) is 0 Å². The molecule has 1 aliphatic heterocycles. The molecule has 1 saturated carbocycles. The second-order valence-electron chi connectivity index (χ2n) is 9.56. The lowest BCUT2D eigenvalue weighted by Gasteiger charge is -2.24. The highest BCUT2D eigenvalue weighted by Crippen LogP contribution is 2.39. The first-order valence-corrected chi connectivity index (χ1v) is 12.8. The standard InChI is InChI=1S/C28H32N6O3/c1-19(28(36)31-26-17-24(32-33-26)20-7-8-20)21-4-2-5-22(16-21)23-9-10-25(29-18-23)30-27(35)6-3-11-34-12-14-37-15-13-34/h2-6,9-10,16-20H,7-8,11-15H2,1H3,(H,29,30,35)(H2,31,32,33,36)/b6-3+/t19-/m1/s1. The van der Waals surface area contributed by atoms with Crippen LogP contribution in [0.3, 0.4) is 0 Å². The normalized spacial score (nSPS) is 17.0. The summed E-state index contributed by atoms with van der Waals surface area (Å²) in [6.07, 6.45) is 7.47. The number of amides is 2. The van der Waals surface area contributed by atoms with Crippen LogP contribution in [0.15, 0.2) is 60.8 Å². The molecule has 1 atom stereocenters. The molecule has 0 spiro atoms. The molecule has 2 aromatic heterocycles. The third kappa shape index (κ3) is 6.69. The molecular weight excluding hydrogens is 468 g/mol. The quantitative estimate of drug-likeness (QED) is 0.384. The summed E-state index contributed by atoms with van der Waals surface area (Å²) in [5, 5.41) is 12.9. The van der Waals surface area contributed by atoms with Crippen molar-refractivity contribution in [1.82, 2.24) is 20.1 Å². The molecule has 1 aliphatic carbocycles. The molecule has 1 saturated heterocycles. The number of hydrogen-bond donors (Lipinski definition) is 3. The van der Waals surface area contributed by atoms with Crippen LogP contribution in [-0.2, 0) is 14.3 Å². The minimum Gasteiger partial charge on any atom is -0.379 e. The molecule has 0 bridgehead atoms. The molecule has 9 nitrogen and oxygen atoms in total. The first kappa shape index (κ1) is 24.9. The zero-order chi connectivity index (χ0) is 25.6. The summed E-state index contributed by atoms with van der Waals surface area (Å²) in [4.78, 5) is 31.7. The molecule has 2 aliphatic rings. The highest BCUT2D eigenvalue weighted by Gasteiger charge is 2.26. The summed E-state index contributed by atoms with van der Waals surface area (Å²) < 4.78 is 5.33. The zero-order valence-electron chi connectivity index (χ0n) is 20.9. The number of carbonyl (C=O) groups excluding carboxylic acids is 2. The van der Waals surface area contributed by atoms with E-state index >= 15 is 0 Å². The highest BCUT2D eigenvalue weighted by atomic mass is 16.5. The van der Waals surface area contributed by atoms with E-state index in [1.807, 2.05) is 49.4 Å². The van der Waals surface area contributed by atoms with E-state index in [0.717, 1.165) is 55.2 Å². The number of rotatable bonds is 9. The van der Waals surface area contributed by atoms with Gasteiger partial charge in [-0.2, -0.15) is 5.10 Å². The van der Waals surface area contributed by atoms with Crippen LogP contribution in [0.1, 0.15) is 42.9 Å². The smallest absolute Gasteiger partial charge is 0.249 e. The molecule has 0 radical (unpaired) electrons. The number of hydrogen-bond acceptors (Lipinski definition) is 6. The number of aromatic amines is 1. The van der Waals surface area contributed by atoms with Gasteiger partial charge in [0.05, 0.1) is 19.1 Å². The largest absolute Gasteiger partial charge is 0.379 e. The Hall–Kier alpha value is -3.82. The van der Waals surface area contributed by atoms with Crippen LogP contribution in [0.25, 0.3) is 11.1 Å². The molecule has 192 valence electrons. The van der Waals surface area contributed by atoms with E-state index in [0.29, 0.717) is 17.6 Å². The van der Waals surface area contributed by atoms with Crippen LogP contribution in [0.4, 0.5) is 11.6 Å². The molecular formula is C28H32N6O3. The third-order valence-corrected chi connectivity index (χ3v) is 6.73. The van der Waals surface area contributed by atoms with Crippen molar-refractivity contribution in [3.8, 4) is 11.1 Å². The van der Waals surface area contributed by atoms with Gasteiger partial charge in [-0.25, -0.2) is 4.98 Å². The van der Waals surface area contributed by atoms with Gasteiger partial charge in [0.15, 0.2) is 5.82 Å². The molecule has 3 aromatic rings. The number of ether oxygens (including phenoxy) is 1. The van der Waals surface area contributed by atoms with Crippen LogP contribution in [-0.4, -0.2) is 64.7 Å². The number of benzene rings is 1. The Bertz CT molecular complexity index is 1260. The van der Waals surface area contributed by atoms with Gasteiger partial charge in [-0.05, 0) is 43.0 Å². The first-order chi connectivity index (χ1) is 18.0. The Balaban J connectivity index is 1.16. The summed E-state index contributed by atoms with van der Waals surface area (Å²) in [6.45, 7) is 5.83. The predicted octanol–water partition coefficient (Wildman–Crippen LogP) is 3.92. The molecule has 37 heavy (non-hydrogen) atoms. The van der Waals surface area contributed by atoms with Crippen LogP contribution in [0.5, 0.6) is 0 Å². The van der Waals surface area contributed by atoms with E-state index in [1.165, 1.54) is 18.9 Å². The van der Waals surface area contributed by atoms with Crippen LogP contribution < -0.4 is 10.6 Å². The lowest BCUT2D eigenvalue weighted by Crippen LogP contribution is -2.36. The Morgan fingerprint density at radius 3 is 2.70 bits per heavy atom. The summed E-state index contributed by atoms with van der Waals surface area (Å²) >= 11 is 0. The fourth-order valence-electron chi connectivity index (χ4n) is 4.28. The lowest BCUT2D eigenvalue weighted by molar-refractivity contribution is -0.117. The average Bonchev–Trinajstić information content (AvgIpc) is 3.68. The molecule has 9 heteroatoms. The number of nitrogens with zero attached hydrogens (tertiary/aromatic N) is 3. The maximum atomic E-state index is 12.8. The van der Waals surface area contributed by atoms with Crippen molar-refractivity contribution in [2.24, 2.45) is 0 Å². The van der Waals surface area contributed by atoms with Crippen molar-refractivity contribution in [2.45, 2.75) is 31.6 Å². The van der Waals surface area contributed by atoms with E-state index in [1.54, 1.807) is 12.3 Å². The fraction of sp³-hybridized carbons (Fsp3) is 0.357. The summed E-state index contributed by atoms with van der Waals surface area (Å²) in [5.74, 6) is 0.931. The minimum atomic E-state index is -0.350. The maximum absolute atomic E-state index is 12.8. The van der Waals surface area contributed by atoms with E-state index < -0.39 is 0 Å². The third-order valence-electron chi connectivity index (χ3n) is 6.73.